The summed E-state index contributed by atoms with van der Waals surface area (Å²) < 4.78 is 11.9. The molecule has 1 N–H and O–H groups in total. The highest BCUT2D eigenvalue weighted by atomic mass is 79.9. The topological polar surface area (TPSA) is 55.8 Å². The fourth-order valence-electron chi connectivity index (χ4n) is 6.60. The number of carbonyl (C=O) groups is 1. The Morgan fingerprint density at radius 3 is 2.81 bits per heavy atom. The molecule has 1 heterocycles. The van der Waals surface area contributed by atoms with Gasteiger partial charge in [0.2, 0.25) is 6.79 Å². The first-order valence-electron chi connectivity index (χ1n) is 11.1. The second kappa shape index (κ2) is 6.86. The van der Waals surface area contributed by atoms with Gasteiger partial charge in [0.25, 0.3) is 0 Å². The van der Waals surface area contributed by atoms with Gasteiger partial charge in [-0.2, -0.15) is 0 Å². The molecule has 0 aromatic heterocycles. The van der Waals surface area contributed by atoms with Gasteiger partial charge in [0.15, 0.2) is 17.3 Å². The van der Waals surface area contributed by atoms with Gasteiger partial charge in [-0.25, -0.2) is 0 Å². The van der Waals surface area contributed by atoms with Crippen LogP contribution in [-0.2, 0) is 11.2 Å². The number of rotatable bonds is 1. The average Bonchev–Trinajstić information content (AvgIpc) is 3.30. The summed E-state index contributed by atoms with van der Waals surface area (Å²) in [5.41, 5.74) is 4.30. The smallest absolute Gasteiger partial charge is 0.231 e. The van der Waals surface area contributed by atoms with Crippen molar-refractivity contribution in [2.75, 3.05) is 6.79 Å². The number of carbonyl (C=O) groups excluding carboxylic acids is 1. The minimum Gasteiger partial charge on any atom is -0.508 e. The quantitative estimate of drug-likeness (QED) is 0.508. The summed E-state index contributed by atoms with van der Waals surface area (Å²) in [7, 11) is 0. The van der Waals surface area contributed by atoms with E-state index in [9.17, 15) is 9.90 Å². The number of halogens is 1. The van der Waals surface area contributed by atoms with Gasteiger partial charge in [0.1, 0.15) is 5.75 Å². The molecule has 0 radical (unpaired) electrons. The van der Waals surface area contributed by atoms with Crippen LogP contribution in [0, 0.1) is 17.3 Å². The fraction of sp³-hybridized carbons (Fsp3) is 0.423. The van der Waals surface area contributed by atoms with E-state index < -0.39 is 0 Å². The molecule has 0 bridgehead atoms. The summed E-state index contributed by atoms with van der Waals surface area (Å²) in [5, 5.41) is 9.89. The number of ketones is 1. The lowest BCUT2D eigenvalue weighted by molar-refractivity contribution is -0.127. The van der Waals surface area contributed by atoms with E-state index in [2.05, 4.69) is 35.0 Å². The van der Waals surface area contributed by atoms with E-state index in [4.69, 9.17) is 9.47 Å². The normalized spacial score (nSPS) is 32.0. The number of benzene rings is 2. The molecular weight excluding hydrogens is 456 g/mol. The Hall–Kier alpha value is -2.27. The van der Waals surface area contributed by atoms with E-state index in [1.54, 1.807) is 0 Å². The molecule has 2 fully saturated rings. The van der Waals surface area contributed by atoms with Gasteiger partial charge in [-0.3, -0.25) is 4.79 Å². The number of hydrogen-bond donors (Lipinski definition) is 1. The summed E-state index contributed by atoms with van der Waals surface area (Å²) >= 11 is 3.63. The lowest BCUT2D eigenvalue weighted by Crippen LogP contribution is -2.42. The van der Waals surface area contributed by atoms with E-state index in [-0.39, 0.29) is 12.2 Å². The van der Waals surface area contributed by atoms with Gasteiger partial charge < -0.3 is 14.6 Å². The first-order chi connectivity index (χ1) is 14.9. The minimum absolute atomic E-state index is 0.239. The second-order valence-corrected chi connectivity index (χ2v) is 10.5. The van der Waals surface area contributed by atoms with Crippen LogP contribution in [0.1, 0.15) is 55.2 Å². The standard InChI is InChI=1S/C26H25BrO4/c1-26-7-6-19-18-5-3-17(28)9-14(18)2-4-20(19)21(26)10-16(25(26)29)8-15-11-23-24(12-22(15)27)31-13-30-23/h3,5,8-9,11-12,19-21,28H,2,4,6-7,10,13H2,1H3/b16-8-. The molecule has 4 atom stereocenters. The highest BCUT2D eigenvalue weighted by Crippen LogP contribution is 2.61. The highest BCUT2D eigenvalue weighted by molar-refractivity contribution is 9.10. The van der Waals surface area contributed by atoms with E-state index in [0.29, 0.717) is 29.3 Å². The number of phenols is 1. The molecular formula is C26H25BrO4. The Balaban J connectivity index is 1.35. The van der Waals surface area contributed by atoms with Crippen LogP contribution >= 0.6 is 15.9 Å². The van der Waals surface area contributed by atoms with Gasteiger partial charge in [-0.05, 0) is 102 Å². The molecule has 0 spiro atoms. The van der Waals surface area contributed by atoms with Crippen LogP contribution in [0.2, 0.25) is 0 Å². The predicted octanol–water partition coefficient (Wildman–Crippen LogP) is 6.00. The summed E-state index contributed by atoms with van der Waals surface area (Å²) in [6, 6.07) is 9.75. The summed E-state index contributed by atoms with van der Waals surface area (Å²) in [6.07, 6.45) is 6.94. The molecule has 31 heavy (non-hydrogen) atoms. The van der Waals surface area contributed by atoms with Crippen LogP contribution in [0.4, 0.5) is 0 Å². The van der Waals surface area contributed by atoms with Gasteiger partial charge in [0, 0.05) is 9.89 Å². The van der Waals surface area contributed by atoms with Crippen LogP contribution < -0.4 is 9.47 Å². The van der Waals surface area contributed by atoms with Crippen LogP contribution in [0.5, 0.6) is 17.2 Å². The lowest BCUT2D eigenvalue weighted by Gasteiger charge is -2.48. The number of Topliss-reactive ketones (excluding diaryl/α,β-unsaturated/α-hetero) is 1. The Kier molecular flexibility index (Phi) is 4.30. The monoisotopic (exact) mass is 480 g/mol. The Bertz CT molecular complexity index is 1140. The molecule has 5 heteroatoms. The highest BCUT2D eigenvalue weighted by Gasteiger charge is 2.56. The Morgan fingerprint density at radius 2 is 1.97 bits per heavy atom. The van der Waals surface area contributed by atoms with Crippen molar-refractivity contribution < 1.29 is 19.4 Å². The van der Waals surface area contributed by atoms with E-state index in [1.807, 2.05) is 24.3 Å². The molecule has 0 saturated heterocycles. The van der Waals surface area contributed by atoms with Crippen LogP contribution in [0.25, 0.3) is 6.08 Å². The number of hydrogen-bond acceptors (Lipinski definition) is 4. The van der Waals surface area contributed by atoms with Gasteiger partial charge in [0.05, 0.1) is 0 Å². The number of phenolic OH excluding ortho intramolecular Hbond substituents is 1. The fourth-order valence-corrected chi connectivity index (χ4v) is 7.04. The van der Waals surface area contributed by atoms with Crippen molar-refractivity contribution in [3.05, 3.63) is 57.1 Å². The number of aryl methyl sites for hydroxylation is 1. The Labute approximate surface area is 190 Å². The SMILES string of the molecule is CC12CCC3c4ccc(O)cc4CCC3C1C/C(=C/c1cc3c(cc1Br)OCO3)C2=O. The van der Waals surface area contributed by atoms with E-state index in [1.165, 1.54) is 11.1 Å². The molecule has 3 aliphatic carbocycles. The van der Waals surface area contributed by atoms with Crippen molar-refractivity contribution in [3.8, 4) is 17.2 Å². The lowest BCUT2D eigenvalue weighted by atomic mass is 9.55. The molecule has 6 rings (SSSR count). The molecule has 1 aliphatic heterocycles. The van der Waals surface area contributed by atoms with Crippen molar-refractivity contribution in [2.45, 2.75) is 44.9 Å². The number of fused-ring (bicyclic) bond motifs is 6. The zero-order chi connectivity index (χ0) is 21.3. The average molecular weight is 481 g/mol. The molecule has 2 aromatic rings. The Morgan fingerprint density at radius 1 is 1.16 bits per heavy atom. The molecule has 2 aromatic carbocycles. The van der Waals surface area contributed by atoms with Crippen LogP contribution in [0.15, 0.2) is 40.4 Å². The largest absolute Gasteiger partial charge is 0.508 e. The van der Waals surface area contributed by atoms with Crippen LogP contribution in [0.3, 0.4) is 0 Å². The van der Waals surface area contributed by atoms with E-state index in [0.717, 1.165) is 59.2 Å². The van der Waals surface area contributed by atoms with Crippen molar-refractivity contribution in [1.29, 1.82) is 0 Å². The van der Waals surface area contributed by atoms with Gasteiger partial charge >= 0.3 is 0 Å². The molecule has 4 aliphatic rings. The number of aromatic hydroxyl groups is 1. The van der Waals surface area contributed by atoms with Crippen LogP contribution in [-0.4, -0.2) is 17.7 Å². The molecule has 4 unspecified atom stereocenters. The van der Waals surface area contributed by atoms with Gasteiger partial charge in [-0.1, -0.05) is 28.9 Å². The maximum atomic E-state index is 13.6. The maximum Gasteiger partial charge on any atom is 0.231 e. The van der Waals surface area contributed by atoms with Gasteiger partial charge in [-0.15, -0.1) is 0 Å². The predicted molar refractivity (Wildman–Crippen MR) is 121 cm³/mol. The summed E-state index contributed by atoms with van der Waals surface area (Å²) in [4.78, 5) is 13.6. The number of allylic oxidation sites excluding steroid dienone is 1. The summed E-state index contributed by atoms with van der Waals surface area (Å²) in [5.74, 6) is 3.53. The zero-order valence-electron chi connectivity index (χ0n) is 17.5. The zero-order valence-corrected chi connectivity index (χ0v) is 19.1. The van der Waals surface area contributed by atoms with Crippen molar-refractivity contribution in [2.24, 2.45) is 17.3 Å². The molecule has 2 saturated carbocycles. The van der Waals surface area contributed by atoms with Crippen molar-refractivity contribution in [3.63, 3.8) is 0 Å². The summed E-state index contributed by atoms with van der Waals surface area (Å²) in [6.45, 7) is 2.43. The third-order valence-corrected chi connectivity index (χ3v) is 8.86. The third kappa shape index (κ3) is 2.89. The third-order valence-electron chi connectivity index (χ3n) is 8.17. The first kappa shape index (κ1) is 19.4. The minimum atomic E-state index is -0.274. The van der Waals surface area contributed by atoms with Crippen molar-refractivity contribution >= 4 is 27.8 Å². The van der Waals surface area contributed by atoms with Crippen molar-refractivity contribution in [1.82, 2.24) is 0 Å². The molecule has 0 amide bonds. The maximum absolute atomic E-state index is 13.6. The van der Waals surface area contributed by atoms with E-state index >= 15 is 0 Å². The first-order valence-corrected chi connectivity index (χ1v) is 11.9. The number of ether oxygens (including phenoxy) is 2. The second-order valence-electron chi connectivity index (χ2n) is 9.68. The molecule has 160 valence electrons. The molecule has 4 nitrogen and oxygen atoms in total.